The molecule has 0 aliphatic carbocycles. The Hall–Kier alpha value is -1.33. The molecule has 0 radical (unpaired) electrons. The highest BCUT2D eigenvalue weighted by Crippen LogP contribution is 2.29. The molecule has 0 saturated carbocycles. The molecule has 0 aliphatic rings. The normalized spacial score (nSPS) is 12.6. The van der Waals surface area contributed by atoms with E-state index in [0.29, 0.717) is 5.69 Å². The van der Waals surface area contributed by atoms with Crippen LogP contribution in [0.15, 0.2) is 35.4 Å². The summed E-state index contributed by atoms with van der Waals surface area (Å²) in [5, 5.41) is 6.42. The molecule has 0 atom stereocenters. The van der Waals surface area contributed by atoms with E-state index in [2.05, 4.69) is 31.0 Å². The highest BCUT2D eigenvalue weighted by molar-refractivity contribution is 8.13. The minimum atomic E-state index is -3.80. The number of hydrogen-bond donors (Lipinski definition) is 1. The molecular formula is C13H15ClN2O2S. The first-order valence-corrected chi connectivity index (χ1v) is 8.09. The van der Waals surface area contributed by atoms with Crippen molar-refractivity contribution >= 4 is 19.7 Å². The van der Waals surface area contributed by atoms with Gasteiger partial charge in [-0.05, 0) is 11.0 Å². The zero-order chi connectivity index (χ0) is 14.3. The molecule has 1 aromatic carbocycles. The third-order valence-corrected chi connectivity index (χ3v) is 4.24. The predicted octanol–water partition coefficient (Wildman–Crippen LogP) is 3.30. The number of aromatic amines is 1. The number of nitrogens with one attached hydrogen (secondary N) is 1. The van der Waals surface area contributed by atoms with E-state index in [9.17, 15) is 8.42 Å². The van der Waals surface area contributed by atoms with Crippen LogP contribution in [0.4, 0.5) is 0 Å². The van der Waals surface area contributed by atoms with Gasteiger partial charge in [0.15, 0.2) is 0 Å². The maximum Gasteiger partial charge on any atom is 0.265 e. The Balaban J connectivity index is 2.48. The summed E-state index contributed by atoms with van der Waals surface area (Å²) in [6, 6.07) is 7.67. The van der Waals surface area contributed by atoms with E-state index in [1.165, 1.54) is 11.8 Å². The summed E-state index contributed by atoms with van der Waals surface area (Å²) in [6.45, 7) is 6.35. The van der Waals surface area contributed by atoms with Crippen LogP contribution in [0.2, 0.25) is 0 Å². The third kappa shape index (κ3) is 2.98. The minimum absolute atomic E-state index is 0.00215. The molecule has 1 aromatic heterocycles. The van der Waals surface area contributed by atoms with Crippen molar-refractivity contribution in [3.05, 3.63) is 36.0 Å². The highest BCUT2D eigenvalue weighted by Gasteiger charge is 2.20. The molecule has 6 heteroatoms. The number of halogens is 1. The van der Waals surface area contributed by atoms with Gasteiger partial charge in [0.2, 0.25) is 0 Å². The second kappa shape index (κ2) is 4.65. The standard InChI is InChI=1S/C13H15ClN2O2S/c1-13(2,3)10-6-4-9(5-7-10)12-11(8-15-16-12)19(14,17)18/h4-8H,1-3H3,(H,15,16). The molecule has 1 N–H and O–H groups in total. The number of nitrogens with zero attached hydrogens (tertiary/aromatic N) is 1. The smallest absolute Gasteiger partial charge is 0.265 e. The quantitative estimate of drug-likeness (QED) is 0.865. The second-order valence-electron chi connectivity index (χ2n) is 5.37. The van der Waals surface area contributed by atoms with Gasteiger partial charge in [-0.3, -0.25) is 5.10 Å². The first kappa shape index (κ1) is 14.1. The summed E-state index contributed by atoms with van der Waals surface area (Å²) in [5.41, 5.74) is 2.37. The van der Waals surface area contributed by atoms with Crippen LogP contribution in [0, 0.1) is 0 Å². The molecule has 2 aromatic rings. The van der Waals surface area contributed by atoms with Gasteiger partial charge in [-0.1, -0.05) is 45.0 Å². The maximum absolute atomic E-state index is 11.4. The molecule has 19 heavy (non-hydrogen) atoms. The van der Waals surface area contributed by atoms with Gasteiger partial charge in [0.1, 0.15) is 4.90 Å². The van der Waals surface area contributed by atoms with Crippen molar-refractivity contribution in [1.82, 2.24) is 10.2 Å². The molecular weight excluding hydrogens is 284 g/mol. The van der Waals surface area contributed by atoms with Gasteiger partial charge in [-0.15, -0.1) is 0 Å². The van der Waals surface area contributed by atoms with Crippen molar-refractivity contribution in [3.8, 4) is 11.3 Å². The molecule has 0 aliphatic heterocycles. The average molecular weight is 299 g/mol. The summed E-state index contributed by atoms with van der Waals surface area (Å²) in [6.07, 6.45) is 1.22. The Morgan fingerprint density at radius 2 is 1.74 bits per heavy atom. The van der Waals surface area contributed by atoms with Gasteiger partial charge in [0.25, 0.3) is 9.05 Å². The summed E-state index contributed by atoms with van der Waals surface area (Å²) in [5.74, 6) is 0. The lowest BCUT2D eigenvalue weighted by atomic mass is 9.86. The fraction of sp³-hybridized carbons (Fsp3) is 0.308. The van der Waals surface area contributed by atoms with Crippen LogP contribution in [0.25, 0.3) is 11.3 Å². The second-order valence-corrected chi connectivity index (χ2v) is 7.91. The van der Waals surface area contributed by atoms with Gasteiger partial charge >= 0.3 is 0 Å². The highest BCUT2D eigenvalue weighted by atomic mass is 35.7. The van der Waals surface area contributed by atoms with Crippen molar-refractivity contribution in [1.29, 1.82) is 0 Å². The van der Waals surface area contributed by atoms with Gasteiger partial charge < -0.3 is 0 Å². The summed E-state index contributed by atoms with van der Waals surface area (Å²) >= 11 is 0. The number of aromatic nitrogens is 2. The van der Waals surface area contributed by atoms with Gasteiger partial charge in [0.05, 0.1) is 11.9 Å². The third-order valence-electron chi connectivity index (χ3n) is 2.91. The lowest BCUT2D eigenvalue weighted by molar-refractivity contribution is 0.590. The molecule has 0 saturated heterocycles. The van der Waals surface area contributed by atoms with E-state index in [1.807, 2.05) is 24.3 Å². The molecule has 0 bridgehead atoms. The van der Waals surface area contributed by atoms with Crippen molar-refractivity contribution in [3.63, 3.8) is 0 Å². The molecule has 0 amide bonds. The number of benzene rings is 1. The molecule has 0 fully saturated rings. The zero-order valence-corrected chi connectivity index (χ0v) is 12.5. The van der Waals surface area contributed by atoms with E-state index >= 15 is 0 Å². The van der Waals surface area contributed by atoms with E-state index in [4.69, 9.17) is 10.7 Å². The Kier molecular flexibility index (Phi) is 3.45. The Morgan fingerprint density at radius 1 is 1.16 bits per heavy atom. The minimum Gasteiger partial charge on any atom is -0.276 e. The first-order valence-electron chi connectivity index (χ1n) is 5.78. The van der Waals surface area contributed by atoms with Crippen molar-refractivity contribution in [2.24, 2.45) is 0 Å². The average Bonchev–Trinajstić information content (AvgIpc) is 2.76. The SMILES string of the molecule is CC(C)(C)c1ccc(-c2[nH]ncc2S(=O)(=O)Cl)cc1. The fourth-order valence-electron chi connectivity index (χ4n) is 1.80. The van der Waals surface area contributed by atoms with Crippen LogP contribution in [-0.4, -0.2) is 18.6 Å². The van der Waals surface area contributed by atoms with Crippen LogP contribution in [-0.2, 0) is 14.5 Å². The van der Waals surface area contributed by atoms with Crippen molar-refractivity contribution in [2.75, 3.05) is 0 Å². The topological polar surface area (TPSA) is 62.8 Å². The van der Waals surface area contributed by atoms with Gasteiger partial charge in [-0.25, -0.2) is 8.42 Å². The number of H-pyrrole nitrogens is 1. The predicted molar refractivity (Wildman–Crippen MR) is 75.8 cm³/mol. The molecule has 0 spiro atoms. The van der Waals surface area contributed by atoms with Crippen LogP contribution < -0.4 is 0 Å². The first-order chi connectivity index (χ1) is 8.69. The molecule has 0 unspecified atom stereocenters. The summed E-state index contributed by atoms with van der Waals surface area (Å²) in [7, 11) is 1.57. The molecule has 102 valence electrons. The Bertz CT molecular complexity index is 682. The number of hydrogen-bond acceptors (Lipinski definition) is 3. The fourth-order valence-corrected chi connectivity index (χ4v) is 2.74. The lowest BCUT2D eigenvalue weighted by Crippen LogP contribution is -2.10. The Labute approximate surface area is 117 Å². The summed E-state index contributed by atoms with van der Waals surface area (Å²) in [4.78, 5) is -0.00215. The molecule has 2 rings (SSSR count). The van der Waals surface area contributed by atoms with Gasteiger partial charge in [0, 0.05) is 16.2 Å². The molecule has 1 heterocycles. The van der Waals surface area contributed by atoms with Gasteiger partial charge in [-0.2, -0.15) is 5.10 Å². The van der Waals surface area contributed by atoms with Crippen molar-refractivity contribution in [2.45, 2.75) is 31.1 Å². The largest absolute Gasteiger partial charge is 0.276 e. The zero-order valence-electron chi connectivity index (χ0n) is 10.9. The maximum atomic E-state index is 11.4. The monoisotopic (exact) mass is 298 g/mol. The molecule has 4 nitrogen and oxygen atoms in total. The van der Waals surface area contributed by atoms with Crippen LogP contribution >= 0.6 is 10.7 Å². The van der Waals surface area contributed by atoms with E-state index in [0.717, 1.165) is 5.56 Å². The number of rotatable bonds is 2. The summed E-state index contributed by atoms with van der Waals surface area (Å²) < 4.78 is 22.8. The van der Waals surface area contributed by atoms with Crippen LogP contribution in [0.5, 0.6) is 0 Å². The van der Waals surface area contributed by atoms with E-state index in [1.54, 1.807) is 0 Å². The lowest BCUT2D eigenvalue weighted by Gasteiger charge is -2.19. The Morgan fingerprint density at radius 3 is 2.21 bits per heavy atom. The van der Waals surface area contributed by atoms with Crippen LogP contribution in [0.3, 0.4) is 0 Å². The van der Waals surface area contributed by atoms with Crippen molar-refractivity contribution < 1.29 is 8.42 Å². The van der Waals surface area contributed by atoms with E-state index < -0.39 is 9.05 Å². The van der Waals surface area contributed by atoms with E-state index in [-0.39, 0.29) is 10.3 Å². The van der Waals surface area contributed by atoms with Crippen LogP contribution in [0.1, 0.15) is 26.3 Å².